The summed E-state index contributed by atoms with van der Waals surface area (Å²) >= 11 is 0. The fourth-order valence-corrected chi connectivity index (χ4v) is 2.17. The molecule has 0 saturated carbocycles. The molecule has 8 heteroatoms. The Kier molecular flexibility index (Phi) is 10.8. The smallest absolute Gasteiger partial charge is 0.329 e. The van der Waals surface area contributed by atoms with E-state index in [-0.39, 0.29) is 38.3 Å². The number of nitrogens with one attached hydrogen (secondary N) is 1. The van der Waals surface area contributed by atoms with Gasteiger partial charge in [-0.05, 0) is 61.3 Å². The van der Waals surface area contributed by atoms with E-state index in [2.05, 4.69) is 5.32 Å². The predicted molar refractivity (Wildman–Crippen MR) is 103 cm³/mol. The summed E-state index contributed by atoms with van der Waals surface area (Å²) in [6.45, 7) is 12.4. The van der Waals surface area contributed by atoms with E-state index in [0.29, 0.717) is 6.42 Å². The highest BCUT2D eigenvalue weighted by Crippen LogP contribution is 2.14. The first-order valence-corrected chi connectivity index (χ1v) is 9.63. The van der Waals surface area contributed by atoms with Crippen LogP contribution in [0.2, 0.25) is 0 Å². The van der Waals surface area contributed by atoms with Crippen LogP contribution in [0.15, 0.2) is 0 Å². The summed E-state index contributed by atoms with van der Waals surface area (Å²) in [7, 11) is 0. The van der Waals surface area contributed by atoms with Gasteiger partial charge >= 0.3 is 17.9 Å². The van der Waals surface area contributed by atoms with Crippen LogP contribution < -0.4 is 5.32 Å². The molecule has 0 aromatic heterocycles. The van der Waals surface area contributed by atoms with Gasteiger partial charge in [-0.3, -0.25) is 14.4 Å². The Morgan fingerprint density at radius 1 is 0.821 bits per heavy atom. The molecule has 162 valence electrons. The minimum Gasteiger partial charge on any atom is -0.466 e. The topological polar surface area (TPSA) is 108 Å². The second kappa shape index (κ2) is 11.7. The fraction of sp³-hybridized carbons (Fsp3) is 0.800. The Balaban J connectivity index is 4.76. The Morgan fingerprint density at radius 3 is 1.89 bits per heavy atom. The van der Waals surface area contributed by atoms with Crippen LogP contribution in [-0.4, -0.2) is 47.7 Å². The molecule has 0 heterocycles. The van der Waals surface area contributed by atoms with E-state index in [0.717, 1.165) is 0 Å². The van der Waals surface area contributed by atoms with Gasteiger partial charge in [-0.25, -0.2) is 4.79 Å². The molecule has 0 aliphatic rings. The van der Waals surface area contributed by atoms with Crippen molar-refractivity contribution in [3.63, 3.8) is 0 Å². The molecule has 0 aliphatic carbocycles. The van der Waals surface area contributed by atoms with Gasteiger partial charge in [-0.2, -0.15) is 0 Å². The molecule has 0 aliphatic heterocycles. The molecule has 0 saturated heterocycles. The Morgan fingerprint density at radius 2 is 1.39 bits per heavy atom. The van der Waals surface area contributed by atoms with Crippen LogP contribution in [0.4, 0.5) is 0 Å². The van der Waals surface area contributed by atoms with Crippen molar-refractivity contribution < 1.29 is 33.4 Å². The lowest BCUT2D eigenvalue weighted by molar-refractivity contribution is -0.160. The van der Waals surface area contributed by atoms with E-state index in [9.17, 15) is 19.2 Å². The zero-order valence-corrected chi connectivity index (χ0v) is 18.2. The summed E-state index contributed by atoms with van der Waals surface area (Å²) in [6, 6.07) is -0.971. The summed E-state index contributed by atoms with van der Waals surface area (Å²) in [5.74, 6) is -1.85. The SMILES string of the molecule is CCOC(=O)CCCC(=O)N[C@@H](CCC(=O)OC(C)(C)C)C(=O)OC(C)(C)C. The summed E-state index contributed by atoms with van der Waals surface area (Å²) < 4.78 is 15.4. The Bertz CT molecular complexity index is 544. The highest BCUT2D eigenvalue weighted by molar-refractivity contribution is 5.85. The molecule has 0 aromatic rings. The molecule has 1 N–H and O–H groups in total. The predicted octanol–water partition coefficient (Wildman–Crippen LogP) is 2.67. The molecule has 8 nitrogen and oxygen atoms in total. The van der Waals surface area contributed by atoms with Gasteiger partial charge in [0.15, 0.2) is 0 Å². The van der Waals surface area contributed by atoms with E-state index in [1.807, 2.05) is 0 Å². The van der Waals surface area contributed by atoms with Gasteiger partial charge in [-0.1, -0.05) is 0 Å². The normalized spacial score (nSPS) is 12.7. The second-order valence-electron chi connectivity index (χ2n) is 8.44. The van der Waals surface area contributed by atoms with E-state index in [1.165, 1.54) is 0 Å². The molecule has 0 bridgehead atoms. The number of carbonyl (C=O) groups is 4. The van der Waals surface area contributed by atoms with E-state index in [1.54, 1.807) is 48.5 Å². The second-order valence-corrected chi connectivity index (χ2v) is 8.44. The summed E-state index contributed by atoms with van der Waals surface area (Å²) in [6.07, 6.45) is 0.510. The molecule has 0 rings (SSSR count). The van der Waals surface area contributed by atoms with Gasteiger partial charge in [0, 0.05) is 19.3 Å². The molecular formula is C20H35NO7. The maximum Gasteiger partial charge on any atom is 0.329 e. The van der Waals surface area contributed by atoms with Gasteiger partial charge in [0.05, 0.1) is 6.61 Å². The summed E-state index contributed by atoms with van der Waals surface area (Å²) in [4.78, 5) is 47.8. The molecule has 0 spiro atoms. The number of hydrogen-bond donors (Lipinski definition) is 1. The van der Waals surface area contributed by atoms with Crippen LogP contribution in [-0.2, 0) is 33.4 Å². The van der Waals surface area contributed by atoms with Gasteiger partial charge < -0.3 is 19.5 Å². The third-order valence-corrected chi connectivity index (χ3v) is 3.17. The van der Waals surface area contributed by atoms with E-state index in [4.69, 9.17) is 14.2 Å². The van der Waals surface area contributed by atoms with E-state index >= 15 is 0 Å². The zero-order chi connectivity index (χ0) is 22.0. The van der Waals surface area contributed by atoms with Gasteiger partial charge in [-0.15, -0.1) is 0 Å². The van der Waals surface area contributed by atoms with Crippen molar-refractivity contribution in [3.05, 3.63) is 0 Å². The van der Waals surface area contributed by atoms with Gasteiger partial charge in [0.25, 0.3) is 0 Å². The van der Waals surface area contributed by atoms with Crippen LogP contribution in [0.1, 0.15) is 80.6 Å². The lowest BCUT2D eigenvalue weighted by atomic mass is 10.1. The molecular weight excluding hydrogens is 366 g/mol. The zero-order valence-electron chi connectivity index (χ0n) is 18.2. The maximum absolute atomic E-state index is 12.4. The average molecular weight is 402 g/mol. The summed E-state index contributed by atoms with van der Waals surface area (Å²) in [5, 5.41) is 2.59. The van der Waals surface area contributed by atoms with Crippen LogP contribution in [0, 0.1) is 0 Å². The minimum absolute atomic E-state index is 0.0374. The number of esters is 3. The lowest BCUT2D eigenvalue weighted by Gasteiger charge is -2.25. The van der Waals surface area contributed by atoms with Crippen molar-refractivity contribution in [3.8, 4) is 0 Å². The highest BCUT2D eigenvalue weighted by Gasteiger charge is 2.28. The molecule has 1 amide bonds. The number of rotatable bonds is 10. The standard InChI is InChI=1S/C20H35NO7/c1-8-26-16(23)11-9-10-15(22)21-14(18(25)28-20(5,6)7)12-13-17(24)27-19(2,3)4/h14H,8-13H2,1-7H3,(H,21,22)/t14-/m0/s1. The van der Waals surface area contributed by atoms with Crippen molar-refractivity contribution in [1.82, 2.24) is 5.32 Å². The molecule has 0 unspecified atom stereocenters. The van der Waals surface area contributed by atoms with Crippen molar-refractivity contribution in [1.29, 1.82) is 0 Å². The Labute approximate surface area is 167 Å². The largest absolute Gasteiger partial charge is 0.466 e. The molecule has 0 fully saturated rings. The van der Waals surface area contributed by atoms with Crippen LogP contribution in [0.3, 0.4) is 0 Å². The average Bonchev–Trinajstić information content (AvgIpc) is 2.48. The quantitative estimate of drug-likeness (QED) is 0.443. The molecule has 1 atom stereocenters. The first kappa shape index (κ1) is 25.9. The Hall–Kier alpha value is -2.12. The van der Waals surface area contributed by atoms with Crippen molar-refractivity contribution in [2.45, 2.75) is 97.8 Å². The highest BCUT2D eigenvalue weighted by atomic mass is 16.6. The van der Waals surface area contributed by atoms with Crippen molar-refractivity contribution >= 4 is 23.8 Å². The number of amides is 1. The molecule has 0 radical (unpaired) electrons. The molecule has 0 aromatic carbocycles. The van der Waals surface area contributed by atoms with E-state index < -0.39 is 35.1 Å². The van der Waals surface area contributed by atoms with Crippen LogP contribution in [0.25, 0.3) is 0 Å². The first-order valence-electron chi connectivity index (χ1n) is 9.63. The maximum atomic E-state index is 12.4. The van der Waals surface area contributed by atoms with Crippen molar-refractivity contribution in [2.24, 2.45) is 0 Å². The number of ether oxygens (including phenoxy) is 3. The molecule has 28 heavy (non-hydrogen) atoms. The third kappa shape index (κ3) is 14.0. The number of carbonyl (C=O) groups excluding carboxylic acids is 4. The number of hydrogen-bond acceptors (Lipinski definition) is 7. The van der Waals surface area contributed by atoms with Gasteiger partial charge in [0.1, 0.15) is 17.2 Å². The fourth-order valence-electron chi connectivity index (χ4n) is 2.17. The monoisotopic (exact) mass is 401 g/mol. The lowest BCUT2D eigenvalue weighted by Crippen LogP contribution is -2.44. The summed E-state index contributed by atoms with van der Waals surface area (Å²) in [5.41, 5.74) is -1.36. The van der Waals surface area contributed by atoms with Gasteiger partial charge in [0.2, 0.25) is 5.91 Å². The van der Waals surface area contributed by atoms with Crippen LogP contribution >= 0.6 is 0 Å². The minimum atomic E-state index is -0.971. The van der Waals surface area contributed by atoms with Crippen molar-refractivity contribution in [2.75, 3.05) is 6.61 Å². The third-order valence-electron chi connectivity index (χ3n) is 3.17. The van der Waals surface area contributed by atoms with Crippen LogP contribution in [0.5, 0.6) is 0 Å². The first-order chi connectivity index (χ1) is 12.7.